The number of methoxy groups -OCH3 is 1. The van der Waals surface area contributed by atoms with Gasteiger partial charge in [-0.15, -0.1) is 0 Å². The first-order chi connectivity index (χ1) is 10.8. The smallest absolute Gasteiger partial charge is 0.243 e. The van der Waals surface area contributed by atoms with E-state index in [0.29, 0.717) is 11.5 Å². The average Bonchev–Trinajstić information content (AvgIpc) is 2.92. The topological polar surface area (TPSA) is 111 Å². The molecule has 0 bridgehead atoms. The van der Waals surface area contributed by atoms with Crippen LogP contribution in [0.3, 0.4) is 0 Å². The van der Waals surface area contributed by atoms with Crippen LogP contribution >= 0.6 is 0 Å². The fraction of sp³-hybridized carbons (Fsp3) is 0.286. The minimum Gasteiger partial charge on any atom is -0.497 e. The summed E-state index contributed by atoms with van der Waals surface area (Å²) in [5.41, 5.74) is 0. The minimum absolute atomic E-state index is 0.0373. The number of aryl methyl sites for hydroxylation is 1. The Bertz CT molecular complexity index is 783. The molecule has 2 N–H and O–H groups in total. The van der Waals surface area contributed by atoms with Crippen LogP contribution in [0.5, 0.6) is 5.75 Å². The lowest BCUT2D eigenvalue weighted by molar-refractivity contribution is -0.117. The third kappa shape index (κ3) is 4.30. The van der Waals surface area contributed by atoms with Crippen molar-refractivity contribution in [3.05, 3.63) is 36.1 Å². The summed E-state index contributed by atoms with van der Waals surface area (Å²) >= 11 is 0. The van der Waals surface area contributed by atoms with Crippen LogP contribution < -0.4 is 14.8 Å². The first-order valence-corrected chi connectivity index (χ1v) is 8.20. The molecule has 9 heteroatoms. The molecule has 0 radical (unpaired) electrons. The number of benzene rings is 1. The molecule has 8 nitrogen and oxygen atoms in total. The lowest BCUT2D eigenvalue weighted by Gasteiger charge is -2.13. The predicted molar refractivity (Wildman–Crippen MR) is 82.6 cm³/mol. The third-order valence-electron chi connectivity index (χ3n) is 2.97. The van der Waals surface area contributed by atoms with Crippen LogP contribution in [0.4, 0.5) is 5.82 Å². The van der Waals surface area contributed by atoms with Crippen molar-refractivity contribution >= 4 is 21.7 Å². The molecule has 0 aliphatic rings. The zero-order chi connectivity index (χ0) is 17.0. The molecule has 1 aromatic heterocycles. The van der Waals surface area contributed by atoms with E-state index >= 15 is 0 Å². The summed E-state index contributed by atoms with van der Waals surface area (Å²) in [6.07, 6.45) is 0. The van der Waals surface area contributed by atoms with Gasteiger partial charge < -0.3 is 14.6 Å². The predicted octanol–water partition coefficient (Wildman–Crippen LogP) is 1.30. The number of hydrogen-bond donors (Lipinski definition) is 2. The second-order valence-electron chi connectivity index (χ2n) is 4.83. The lowest BCUT2D eigenvalue weighted by Crippen LogP contribution is -2.41. The van der Waals surface area contributed by atoms with Gasteiger partial charge in [-0.1, -0.05) is 5.16 Å². The highest BCUT2D eigenvalue weighted by Gasteiger charge is 2.22. The Hall–Kier alpha value is -2.39. The molecule has 0 saturated carbocycles. The summed E-state index contributed by atoms with van der Waals surface area (Å²) in [7, 11) is -2.34. The summed E-state index contributed by atoms with van der Waals surface area (Å²) in [6.45, 7) is 3.11. The van der Waals surface area contributed by atoms with Crippen LogP contribution in [-0.2, 0) is 14.8 Å². The molecule has 0 saturated heterocycles. The standard InChI is InChI=1S/C14H17N3O5S/c1-9-8-13(16-22-9)15-14(18)10(2)17-23(19,20)12-6-4-11(21-3)5-7-12/h4-8,10,17H,1-3H3,(H,15,16,18)/t10-/m1/s1. The Morgan fingerprint density at radius 3 is 2.48 bits per heavy atom. The molecule has 0 aliphatic carbocycles. The lowest BCUT2D eigenvalue weighted by atomic mass is 10.3. The minimum atomic E-state index is -3.83. The Kier molecular flexibility index (Phi) is 5.02. The molecule has 0 fully saturated rings. The summed E-state index contributed by atoms with van der Waals surface area (Å²) in [5, 5.41) is 6.08. The number of nitrogens with one attached hydrogen (secondary N) is 2. The van der Waals surface area contributed by atoms with Crippen LogP contribution in [0.1, 0.15) is 12.7 Å². The van der Waals surface area contributed by atoms with Crippen molar-refractivity contribution in [1.82, 2.24) is 9.88 Å². The quantitative estimate of drug-likeness (QED) is 0.820. The Morgan fingerprint density at radius 2 is 1.96 bits per heavy atom. The van der Waals surface area contributed by atoms with E-state index < -0.39 is 22.0 Å². The van der Waals surface area contributed by atoms with Gasteiger partial charge in [-0.25, -0.2) is 8.42 Å². The monoisotopic (exact) mass is 339 g/mol. The van der Waals surface area contributed by atoms with E-state index in [1.807, 2.05) is 0 Å². The zero-order valence-corrected chi connectivity index (χ0v) is 13.7. The van der Waals surface area contributed by atoms with Crippen molar-refractivity contribution in [2.75, 3.05) is 12.4 Å². The number of rotatable bonds is 6. The van der Waals surface area contributed by atoms with Gasteiger partial charge in [0.1, 0.15) is 11.5 Å². The van der Waals surface area contributed by atoms with Crippen LogP contribution in [-0.4, -0.2) is 32.6 Å². The molecule has 2 rings (SSSR count). The van der Waals surface area contributed by atoms with Crippen molar-refractivity contribution in [2.45, 2.75) is 24.8 Å². The maximum Gasteiger partial charge on any atom is 0.243 e. The number of nitrogens with zero attached hydrogens (tertiary/aromatic N) is 1. The number of amides is 1. The number of hydrogen-bond acceptors (Lipinski definition) is 6. The second kappa shape index (κ2) is 6.80. The second-order valence-corrected chi connectivity index (χ2v) is 6.54. The summed E-state index contributed by atoms with van der Waals surface area (Å²) in [4.78, 5) is 12.0. The molecule has 0 aliphatic heterocycles. The largest absolute Gasteiger partial charge is 0.497 e. The van der Waals surface area contributed by atoms with Crippen molar-refractivity contribution < 1.29 is 22.5 Å². The SMILES string of the molecule is COc1ccc(S(=O)(=O)N[C@H](C)C(=O)Nc2cc(C)on2)cc1. The van der Waals surface area contributed by atoms with Gasteiger partial charge in [0, 0.05) is 6.07 Å². The van der Waals surface area contributed by atoms with Crippen LogP contribution in [0, 0.1) is 6.92 Å². The molecular formula is C14H17N3O5S. The molecule has 0 spiro atoms. The van der Waals surface area contributed by atoms with Gasteiger partial charge in [0.25, 0.3) is 0 Å². The molecule has 1 heterocycles. The van der Waals surface area contributed by atoms with E-state index in [1.54, 1.807) is 6.92 Å². The number of aromatic nitrogens is 1. The molecular weight excluding hydrogens is 322 g/mol. The van der Waals surface area contributed by atoms with E-state index in [9.17, 15) is 13.2 Å². The van der Waals surface area contributed by atoms with Crippen LogP contribution in [0.15, 0.2) is 39.8 Å². The summed E-state index contributed by atoms with van der Waals surface area (Å²) < 4.78 is 36.6. The van der Waals surface area contributed by atoms with Gasteiger partial charge in [0.05, 0.1) is 18.0 Å². The first kappa shape index (κ1) is 17.0. The highest BCUT2D eigenvalue weighted by atomic mass is 32.2. The maximum absolute atomic E-state index is 12.2. The zero-order valence-electron chi connectivity index (χ0n) is 12.9. The molecule has 2 aromatic rings. The van der Waals surface area contributed by atoms with E-state index in [-0.39, 0.29) is 10.7 Å². The fourth-order valence-electron chi connectivity index (χ4n) is 1.77. The van der Waals surface area contributed by atoms with Crippen molar-refractivity contribution in [1.29, 1.82) is 0 Å². The summed E-state index contributed by atoms with van der Waals surface area (Å²) in [5.74, 6) is 0.751. The van der Waals surface area contributed by atoms with E-state index in [2.05, 4.69) is 15.2 Å². The maximum atomic E-state index is 12.2. The Labute approximate surface area is 133 Å². The fourth-order valence-corrected chi connectivity index (χ4v) is 2.97. The molecule has 1 amide bonds. The number of ether oxygens (including phenoxy) is 1. The number of carbonyl (C=O) groups excluding carboxylic acids is 1. The molecule has 124 valence electrons. The highest BCUT2D eigenvalue weighted by molar-refractivity contribution is 7.89. The molecule has 1 aromatic carbocycles. The number of carbonyl (C=O) groups is 1. The Balaban J connectivity index is 2.04. The molecule has 1 atom stereocenters. The van der Waals surface area contributed by atoms with Gasteiger partial charge in [-0.3, -0.25) is 4.79 Å². The van der Waals surface area contributed by atoms with Crippen molar-refractivity contribution in [3.63, 3.8) is 0 Å². The van der Waals surface area contributed by atoms with Gasteiger partial charge in [0.15, 0.2) is 5.82 Å². The van der Waals surface area contributed by atoms with E-state index in [4.69, 9.17) is 9.26 Å². The van der Waals surface area contributed by atoms with E-state index in [0.717, 1.165) is 0 Å². The van der Waals surface area contributed by atoms with Crippen molar-refractivity contribution in [3.8, 4) is 5.75 Å². The molecule has 0 unspecified atom stereocenters. The Morgan fingerprint density at radius 1 is 1.30 bits per heavy atom. The normalized spacial score (nSPS) is 12.7. The summed E-state index contributed by atoms with van der Waals surface area (Å²) in [6, 6.07) is 6.39. The van der Waals surface area contributed by atoms with Gasteiger partial charge in [-0.05, 0) is 38.1 Å². The van der Waals surface area contributed by atoms with Gasteiger partial charge >= 0.3 is 0 Å². The van der Waals surface area contributed by atoms with Crippen LogP contribution in [0.25, 0.3) is 0 Å². The third-order valence-corrected chi connectivity index (χ3v) is 4.53. The highest BCUT2D eigenvalue weighted by Crippen LogP contribution is 2.16. The van der Waals surface area contributed by atoms with Gasteiger partial charge in [0.2, 0.25) is 15.9 Å². The van der Waals surface area contributed by atoms with Gasteiger partial charge in [-0.2, -0.15) is 4.72 Å². The molecule has 23 heavy (non-hydrogen) atoms. The van der Waals surface area contributed by atoms with Crippen LogP contribution in [0.2, 0.25) is 0 Å². The average molecular weight is 339 g/mol. The van der Waals surface area contributed by atoms with E-state index in [1.165, 1.54) is 44.4 Å². The number of sulfonamides is 1. The number of anilines is 1. The van der Waals surface area contributed by atoms with Crippen molar-refractivity contribution in [2.24, 2.45) is 0 Å². The first-order valence-electron chi connectivity index (χ1n) is 6.72.